The van der Waals surface area contributed by atoms with Crippen molar-refractivity contribution in [3.05, 3.63) is 28.8 Å². The molecule has 4 heteroatoms. The van der Waals surface area contributed by atoms with E-state index < -0.39 is 0 Å². The number of hydrogen-bond acceptors (Lipinski definition) is 3. The van der Waals surface area contributed by atoms with Crippen molar-refractivity contribution in [1.82, 2.24) is 5.32 Å². The van der Waals surface area contributed by atoms with E-state index in [2.05, 4.69) is 28.4 Å². The standard InChI is InChI=1S/C16H23ClN2O/c17-15-9-12(10-18-13-5-6-13)4-7-16(15)19-8-2-1-3-14(19)11-20/h4,7,9,13-14,18,20H,1-3,5-6,8,10-11H2. The number of nitrogens with zero attached hydrogens (tertiary/aromatic N) is 1. The van der Waals surface area contributed by atoms with Crippen LogP contribution in [0.5, 0.6) is 0 Å². The summed E-state index contributed by atoms with van der Waals surface area (Å²) in [6, 6.07) is 7.26. The lowest BCUT2D eigenvalue weighted by Crippen LogP contribution is -2.42. The van der Waals surface area contributed by atoms with Gasteiger partial charge in [-0.3, -0.25) is 0 Å². The number of aliphatic hydroxyl groups excluding tert-OH is 1. The maximum absolute atomic E-state index is 9.53. The average molecular weight is 295 g/mol. The van der Waals surface area contributed by atoms with Crippen molar-refractivity contribution in [2.75, 3.05) is 18.1 Å². The van der Waals surface area contributed by atoms with Crippen molar-refractivity contribution >= 4 is 17.3 Å². The molecule has 1 saturated heterocycles. The number of benzene rings is 1. The molecule has 3 nitrogen and oxygen atoms in total. The Morgan fingerprint density at radius 3 is 2.80 bits per heavy atom. The lowest BCUT2D eigenvalue weighted by Gasteiger charge is -2.37. The Hall–Kier alpha value is -0.770. The van der Waals surface area contributed by atoms with Gasteiger partial charge in [0.2, 0.25) is 0 Å². The van der Waals surface area contributed by atoms with Gasteiger partial charge in [0.05, 0.1) is 23.4 Å². The van der Waals surface area contributed by atoms with Gasteiger partial charge in [-0.25, -0.2) is 0 Å². The Kier molecular flexibility index (Phi) is 4.49. The van der Waals surface area contributed by atoms with Crippen LogP contribution in [0.25, 0.3) is 0 Å². The van der Waals surface area contributed by atoms with Gasteiger partial charge in [0.15, 0.2) is 0 Å². The zero-order valence-electron chi connectivity index (χ0n) is 11.8. The molecule has 1 unspecified atom stereocenters. The molecular weight excluding hydrogens is 272 g/mol. The van der Waals surface area contributed by atoms with Crippen molar-refractivity contribution in [2.24, 2.45) is 0 Å². The van der Waals surface area contributed by atoms with Crippen molar-refractivity contribution in [3.8, 4) is 0 Å². The largest absolute Gasteiger partial charge is 0.394 e. The van der Waals surface area contributed by atoms with E-state index in [0.29, 0.717) is 6.04 Å². The Morgan fingerprint density at radius 1 is 1.25 bits per heavy atom. The van der Waals surface area contributed by atoms with Crippen LogP contribution in [0.15, 0.2) is 18.2 Å². The molecule has 2 fully saturated rings. The molecule has 0 amide bonds. The summed E-state index contributed by atoms with van der Waals surface area (Å²) in [5.41, 5.74) is 2.31. The van der Waals surface area contributed by atoms with Gasteiger partial charge < -0.3 is 15.3 Å². The predicted octanol–water partition coefficient (Wildman–Crippen LogP) is 2.94. The number of piperidine rings is 1. The highest BCUT2D eigenvalue weighted by Gasteiger charge is 2.24. The lowest BCUT2D eigenvalue weighted by molar-refractivity contribution is 0.240. The van der Waals surface area contributed by atoms with Gasteiger partial charge in [0.25, 0.3) is 0 Å². The van der Waals surface area contributed by atoms with Gasteiger partial charge in [0, 0.05) is 19.1 Å². The number of aliphatic hydroxyl groups is 1. The maximum Gasteiger partial charge on any atom is 0.0642 e. The van der Waals surface area contributed by atoms with E-state index in [9.17, 15) is 5.11 Å². The van der Waals surface area contributed by atoms with E-state index in [4.69, 9.17) is 11.6 Å². The predicted molar refractivity (Wildman–Crippen MR) is 83.4 cm³/mol. The highest BCUT2D eigenvalue weighted by atomic mass is 35.5. The van der Waals surface area contributed by atoms with E-state index in [0.717, 1.165) is 30.2 Å². The molecule has 3 rings (SSSR count). The molecule has 2 aliphatic rings. The fourth-order valence-electron chi connectivity index (χ4n) is 2.95. The first-order valence-corrected chi connectivity index (χ1v) is 8.05. The first-order valence-electron chi connectivity index (χ1n) is 7.67. The number of rotatable bonds is 5. The minimum absolute atomic E-state index is 0.210. The van der Waals surface area contributed by atoms with Gasteiger partial charge in [-0.2, -0.15) is 0 Å². The normalized spacial score (nSPS) is 23.1. The monoisotopic (exact) mass is 294 g/mol. The Balaban J connectivity index is 1.71. The number of anilines is 1. The zero-order chi connectivity index (χ0) is 13.9. The van der Waals surface area contributed by atoms with Gasteiger partial charge in [-0.05, 0) is 49.8 Å². The van der Waals surface area contributed by atoms with E-state index in [-0.39, 0.29) is 12.6 Å². The van der Waals surface area contributed by atoms with Gasteiger partial charge in [-0.1, -0.05) is 17.7 Å². The molecule has 110 valence electrons. The molecule has 20 heavy (non-hydrogen) atoms. The van der Waals surface area contributed by atoms with Gasteiger partial charge in [-0.15, -0.1) is 0 Å². The third-order valence-electron chi connectivity index (χ3n) is 4.33. The summed E-state index contributed by atoms with van der Waals surface area (Å²) in [5, 5.41) is 13.8. The number of nitrogens with one attached hydrogen (secondary N) is 1. The second kappa shape index (κ2) is 6.33. The van der Waals surface area contributed by atoms with Crippen LogP contribution in [0, 0.1) is 0 Å². The van der Waals surface area contributed by atoms with Gasteiger partial charge in [0.1, 0.15) is 0 Å². The molecule has 1 aromatic rings. The third kappa shape index (κ3) is 3.27. The van der Waals surface area contributed by atoms with Crippen molar-refractivity contribution in [1.29, 1.82) is 0 Å². The fourth-order valence-corrected chi connectivity index (χ4v) is 3.26. The molecule has 0 radical (unpaired) electrons. The molecule has 0 spiro atoms. The molecule has 0 aromatic heterocycles. The average Bonchev–Trinajstić information content (AvgIpc) is 3.29. The third-order valence-corrected chi connectivity index (χ3v) is 4.63. The summed E-state index contributed by atoms with van der Waals surface area (Å²) >= 11 is 6.46. The summed E-state index contributed by atoms with van der Waals surface area (Å²) in [6.45, 7) is 2.10. The minimum atomic E-state index is 0.210. The zero-order valence-corrected chi connectivity index (χ0v) is 12.6. The molecule has 1 heterocycles. The van der Waals surface area contributed by atoms with Crippen molar-refractivity contribution in [3.63, 3.8) is 0 Å². The van der Waals surface area contributed by atoms with Crippen LogP contribution in [-0.4, -0.2) is 30.3 Å². The number of halogens is 1. The smallest absolute Gasteiger partial charge is 0.0642 e. The van der Waals surface area contributed by atoms with E-state index in [1.54, 1.807) is 0 Å². The van der Waals surface area contributed by atoms with Crippen molar-refractivity contribution in [2.45, 2.75) is 50.7 Å². The summed E-state index contributed by atoms with van der Waals surface area (Å²) in [5.74, 6) is 0. The second-order valence-corrected chi connectivity index (χ2v) is 6.37. The van der Waals surface area contributed by atoms with Crippen LogP contribution in [0.4, 0.5) is 5.69 Å². The van der Waals surface area contributed by atoms with Crippen molar-refractivity contribution < 1.29 is 5.11 Å². The molecule has 2 N–H and O–H groups in total. The molecule has 1 aromatic carbocycles. The highest BCUT2D eigenvalue weighted by molar-refractivity contribution is 6.33. The van der Waals surface area contributed by atoms with E-state index in [1.807, 2.05) is 0 Å². The van der Waals surface area contributed by atoms with E-state index >= 15 is 0 Å². The summed E-state index contributed by atoms with van der Waals surface area (Å²) in [4.78, 5) is 2.27. The van der Waals surface area contributed by atoms with Crippen LogP contribution >= 0.6 is 11.6 Å². The maximum atomic E-state index is 9.53. The van der Waals surface area contributed by atoms with Crippen LogP contribution in [0.1, 0.15) is 37.7 Å². The van der Waals surface area contributed by atoms with Crippen LogP contribution < -0.4 is 10.2 Å². The van der Waals surface area contributed by atoms with Gasteiger partial charge >= 0.3 is 0 Å². The quantitative estimate of drug-likeness (QED) is 0.876. The Morgan fingerprint density at radius 2 is 2.10 bits per heavy atom. The molecule has 1 aliphatic heterocycles. The Labute approximate surface area is 125 Å². The molecule has 1 saturated carbocycles. The fraction of sp³-hybridized carbons (Fsp3) is 0.625. The first-order chi connectivity index (χ1) is 9.78. The van der Waals surface area contributed by atoms with Crippen LogP contribution in [0.3, 0.4) is 0 Å². The Bertz CT molecular complexity index is 462. The first kappa shape index (κ1) is 14.2. The second-order valence-electron chi connectivity index (χ2n) is 5.97. The van der Waals surface area contributed by atoms with Crippen LogP contribution in [0.2, 0.25) is 5.02 Å². The SMILES string of the molecule is OCC1CCCCN1c1ccc(CNC2CC2)cc1Cl. The highest BCUT2D eigenvalue weighted by Crippen LogP contribution is 2.32. The molecule has 1 aliphatic carbocycles. The van der Waals surface area contributed by atoms with E-state index in [1.165, 1.54) is 31.2 Å². The number of hydrogen-bond donors (Lipinski definition) is 2. The lowest BCUT2D eigenvalue weighted by atomic mass is 10.0. The molecular formula is C16H23ClN2O. The summed E-state index contributed by atoms with van der Waals surface area (Å²) in [7, 11) is 0. The molecule has 0 bridgehead atoms. The topological polar surface area (TPSA) is 35.5 Å². The summed E-state index contributed by atoms with van der Waals surface area (Å²) in [6.07, 6.45) is 6.04. The minimum Gasteiger partial charge on any atom is -0.394 e. The molecule has 1 atom stereocenters. The van der Waals surface area contributed by atoms with Crippen LogP contribution in [-0.2, 0) is 6.54 Å². The summed E-state index contributed by atoms with van der Waals surface area (Å²) < 4.78 is 0.